The van der Waals surface area contributed by atoms with Crippen LogP contribution in [0.3, 0.4) is 0 Å². The third kappa shape index (κ3) is 3.85. The molecule has 0 aliphatic heterocycles. The number of aromatic nitrogens is 2. The van der Waals surface area contributed by atoms with Crippen LogP contribution >= 0.6 is 22.7 Å². The van der Waals surface area contributed by atoms with E-state index in [-0.39, 0.29) is 12.3 Å². The number of nitrogens with one attached hydrogen (secondary N) is 1. The van der Waals surface area contributed by atoms with Crippen LogP contribution in [0.2, 0.25) is 0 Å². The van der Waals surface area contributed by atoms with E-state index in [1.807, 2.05) is 17.5 Å². The lowest BCUT2D eigenvalue weighted by atomic mass is 10.4. The van der Waals surface area contributed by atoms with Gasteiger partial charge in [-0.1, -0.05) is 12.1 Å². The molecule has 0 radical (unpaired) electrons. The van der Waals surface area contributed by atoms with E-state index in [1.54, 1.807) is 11.5 Å². The fourth-order valence-corrected chi connectivity index (χ4v) is 3.05. The summed E-state index contributed by atoms with van der Waals surface area (Å²) in [7, 11) is 0. The van der Waals surface area contributed by atoms with Gasteiger partial charge in [-0.3, -0.25) is 0 Å². The Kier molecular flexibility index (Phi) is 4.84. The van der Waals surface area contributed by atoms with Crippen molar-refractivity contribution in [3.63, 3.8) is 0 Å². The van der Waals surface area contributed by atoms with E-state index in [1.165, 1.54) is 28.9 Å². The van der Waals surface area contributed by atoms with E-state index in [0.29, 0.717) is 23.3 Å². The Balaban J connectivity index is 1.56. The number of hydrogen-bond acceptors (Lipinski definition) is 8. The van der Waals surface area contributed by atoms with Crippen molar-refractivity contribution in [2.45, 2.75) is 6.61 Å². The standard InChI is InChI=1S/C15H13N3O3S2/c1-2-5-16-15-18-11(9-23-15)14(19)21-8-10-7-20-13(17-10)12-4-3-6-22-12/h2-4,6-7,9H,1,5,8H2,(H,16,18). The lowest BCUT2D eigenvalue weighted by Crippen LogP contribution is -2.06. The molecule has 0 saturated carbocycles. The maximum absolute atomic E-state index is 12.0. The van der Waals surface area contributed by atoms with Crippen molar-refractivity contribution in [2.24, 2.45) is 0 Å². The van der Waals surface area contributed by atoms with Gasteiger partial charge >= 0.3 is 5.97 Å². The number of carbonyl (C=O) groups excluding carboxylic acids is 1. The highest BCUT2D eigenvalue weighted by Crippen LogP contribution is 2.24. The number of carbonyl (C=O) groups is 1. The van der Waals surface area contributed by atoms with E-state index in [9.17, 15) is 4.79 Å². The van der Waals surface area contributed by atoms with Crippen LogP contribution in [-0.4, -0.2) is 22.5 Å². The molecule has 8 heteroatoms. The highest BCUT2D eigenvalue weighted by molar-refractivity contribution is 7.14. The number of anilines is 1. The first-order chi connectivity index (χ1) is 11.3. The molecular weight excluding hydrogens is 334 g/mol. The predicted octanol–water partition coefficient (Wildman–Crippen LogP) is 3.81. The lowest BCUT2D eigenvalue weighted by molar-refractivity contribution is 0.0462. The first-order valence-electron chi connectivity index (χ1n) is 6.72. The van der Waals surface area contributed by atoms with Gasteiger partial charge in [0.05, 0.1) is 4.88 Å². The topological polar surface area (TPSA) is 77.2 Å². The van der Waals surface area contributed by atoms with Gasteiger partial charge in [-0.25, -0.2) is 14.8 Å². The predicted molar refractivity (Wildman–Crippen MR) is 89.7 cm³/mol. The molecule has 0 unspecified atom stereocenters. The molecule has 0 amide bonds. The summed E-state index contributed by atoms with van der Waals surface area (Å²) in [5.41, 5.74) is 0.825. The molecule has 0 aromatic carbocycles. The molecule has 1 N–H and O–H groups in total. The van der Waals surface area contributed by atoms with Crippen molar-refractivity contribution in [3.8, 4) is 10.8 Å². The summed E-state index contributed by atoms with van der Waals surface area (Å²) in [5.74, 6) is 0.0317. The first kappa shape index (κ1) is 15.4. The largest absolute Gasteiger partial charge is 0.454 e. The molecule has 3 heterocycles. The number of thiophene rings is 1. The van der Waals surface area contributed by atoms with Crippen molar-refractivity contribution in [2.75, 3.05) is 11.9 Å². The van der Waals surface area contributed by atoms with Crippen molar-refractivity contribution in [1.82, 2.24) is 9.97 Å². The van der Waals surface area contributed by atoms with Gasteiger partial charge in [-0.05, 0) is 11.4 Å². The monoisotopic (exact) mass is 347 g/mol. The van der Waals surface area contributed by atoms with Crippen LogP contribution in [0.15, 0.2) is 46.2 Å². The van der Waals surface area contributed by atoms with Gasteiger partial charge in [0.2, 0.25) is 5.89 Å². The van der Waals surface area contributed by atoms with E-state index in [4.69, 9.17) is 9.15 Å². The smallest absolute Gasteiger partial charge is 0.358 e. The normalized spacial score (nSPS) is 10.4. The van der Waals surface area contributed by atoms with E-state index < -0.39 is 5.97 Å². The highest BCUT2D eigenvalue weighted by Gasteiger charge is 2.14. The Hall–Kier alpha value is -2.45. The zero-order valence-corrected chi connectivity index (χ0v) is 13.7. The maximum Gasteiger partial charge on any atom is 0.358 e. The average molecular weight is 347 g/mol. The number of nitrogens with zero attached hydrogens (tertiary/aromatic N) is 2. The van der Waals surface area contributed by atoms with Gasteiger partial charge in [-0.2, -0.15) is 0 Å². The molecule has 0 atom stereocenters. The zero-order chi connectivity index (χ0) is 16.1. The molecule has 0 aliphatic rings. The lowest BCUT2D eigenvalue weighted by Gasteiger charge is -1.99. The van der Waals surface area contributed by atoms with Gasteiger partial charge in [-0.15, -0.1) is 29.3 Å². The molecule has 3 aromatic rings. The second-order valence-corrected chi connectivity index (χ2v) is 6.21. The Bertz CT molecular complexity index is 793. The summed E-state index contributed by atoms with van der Waals surface area (Å²) in [5, 5.41) is 7.26. The number of esters is 1. The van der Waals surface area contributed by atoms with Gasteiger partial charge in [0.25, 0.3) is 0 Å². The van der Waals surface area contributed by atoms with Crippen molar-refractivity contribution < 1.29 is 13.9 Å². The maximum atomic E-state index is 12.0. The number of ether oxygens (including phenoxy) is 1. The minimum atomic E-state index is -0.492. The zero-order valence-electron chi connectivity index (χ0n) is 12.0. The highest BCUT2D eigenvalue weighted by atomic mass is 32.1. The second kappa shape index (κ2) is 7.21. The average Bonchev–Trinajstić information content (AvgIpc) is 3.31. The van der Waals surface area contributed by atoms with E-state index >= 15 is 0 Å². The first-order valence-corrected chi connectivity index (χ1v) is 8.48. The van der Waals surface area contributed by atoms with Crippen LogP contribution in [0, 0.1) is 0 Å². The minimum Gasteiger partial charge on any atom is -0.454 e. The number of thiazole rings is 1. The van der Waals surface area contributed by atoms with Gasteiger partial charge in [0.15, 0.2) is 10.8 Å². The molecule has 0 fully saturated rings. The Morgan fingerprint density at radius 2 is 2.35 bits per heavy atom. The van der Waals surface area contributed by atoms with Crippen LogP contribution < -0.4 is 5.32 Å². The summed E-state index contributed by atoms with van der Waals surface area (Å²) in [6.07, 6.45) is 3.20. The van der Waals surface area contributed by atoms with Gasteiger partial charge in [0, 0.05) is 11.9 Å². The van der Waals surface area contributed by atoms with Crippen LogP contribution in [0.5, 0.6) is 0 Å². The third-order valence-electron chi connectivity index (χ3n) is 2.75. The summed E-state index contributed by atoms with van der Waals surface area (Å²) < 4.78 is 10.6. The third-order valence-corrected chi connectivity index (χ3v) is 4.40. The summed E-state index contributed by atoms with van der Waals surface area (Å²) in [4.78, 5) is 21.3. The van der Waals surface area contributed by atoms with Crippen LogP contribution in [-0.2, 0) is 11.3 Å². The molecule has 0 bridgehead atoms. The fourth-order valence-electron chi connectivity index (χ4n) is 1.71. The molecule has 23 heavy (non-hydrogen) atoms. The fraction of sp³-hybridized carbons (Fsp3) is 0.133. The van der Waals surface area contributed by atoms with Crippen LogP contribution in [0.4, 0.5) is 5.13 Å². The summed E-state index contributed by atoms with van der Waals surface area (Å²) in [6.45, 7) is 4.24. The number of oxazole rings is 1. The van der Waals surface area contributed by atoms with Crippen LogP contribution in [0.25, 0.3) is 10.8 Å². The Labute approximate surface area is 140 Å². The van der Waals surface area contributed by atoms with Crippen molar-refractivity contribution >= 4 is 33.8 Å². The molecular formula is C15H13N3O3S2. The number of hydrogen-bond donors (Lipinski definition) is 1. The molecule has 6 nitrogen and oxygen atoms in total. The molecule has 3 rings (SSSR count). The quantitative estimate of drug-likeness (QED) is 0.517. The molecule has 118 valence electrons. The summed E-state index contributed by atoms with van der Waals surface area (Å²) >= 11 is 2.87. The van der Waals surface area contributed by atoms with Gasteiger partial charge < -0.3 is 14.5 Å². The van der Waals surface area contributed by atoms with Crippen LogP contribution in [0.1, 0.15) is 16.2 Å². The minimum absolute atomic E-state index is 0.0423. The SMILES string of the molecule is C=CCNc1nc(C(=O)OCc2coc(-c3cccs3)n2)cs1. The van der Waals surface area contributed by atoms with E-state index in [0.717, 1.165) is 4.88 Å². The molecule has 0 aliphatic carbocycles. The van der Waals surface area contributed by atoms with E-state index in [2.05, 4.69) is 21.9 Å². The molecule has 3 aromatic heterocycles. The number of rotatable bonds is 7. The van der Waals surface area contributed by atoms with Crippen molar-refractivity contribution in [3.05, 3.63) is 53.2 Å². The molecule has 0 saturated heterocycles. The molecule has 0 spiro atoms. The Morgan fingerprint density at radius 3 is 3.13 bits per heavy atom. The summed E-state index contributed by atoms with van der Waals surface area (Å²) in [6, 6.07) is 3.84. The second-order valence-electron chi connectivity index (χ2n) is 4.40. The van der Waals surface area contributed by atoms with Gasteiger partial charge in [0.1, 0.15) is 18.6 Å². The van der Waals surface area contributed by atoms with Crippen molar-refractivity contribution in [1.29, 1.82) is 0 Å². The Morgan fingerprint density at radius 1 is 1.43 bits per heavy atom.